The van der Waals surface area contributed by atoms with Crippen molar-refractivity contribution in [2.45, 2.75) is 41.8 Å². The van der Waals surface area contributed by atoms with E-state index in [-0.39, 0.29) is 0 Å². The summed E-state index contributed by atoms with van der Waals surface area (Å²) in [6, 6.07) is 13.9. The molecule has 1 N–H and O–H groups in total. The van der Waals surface area contributed by atoms with Crippen molar-refractivity contribution in [3.63, 3.8) is 0 Å². The summed E-state index contributed by atoms with van der Waals surface area (Å²) in [7, 11) is 0. The third kappa shape index (κ3) is 2.88. The fourth-order valence-corrected chi connectivity index (χ4v) is 5.21. The molecular formula is C16H19NS2. The molecule has 3 rings (SSSR count). The zero-order valence-electron chi connectivity index (χ0n) is 11.3. The average Bonchev–Trinajstić information content (AvgIpc) is 2.88. The average molecular weight is 289 g/mol. The van der Waals surface area contributed by atoms with Crippen LogP contribution in [0.15, 0.2) is 46.0 Å². The molecule has 1 nitrogen and oxygen atoms in total. The minimum absolute atomic E-state index is 0.397. The maximum Gasteiger partial charge on any atom is 0.0649 e. The molecule has 100 valence electrons. The number of nitrogens with one attached hydrogen (secondary N) is 1. The van der Waals surface area contributed by atoms with E-state index in [0.29, 0.717) is 17.3 Å². The standard InChI is InChI=1S/C16H19NS2/c1-11-10-15(14-8-9-18-16(14)19-11)17-12(2)13-6-4-3-5-7-13/h3-9,11-12,15,17H,10H2,1-2H3/t11-,12?,15?/m0/s1. The van der Waals surface area contributed by atoms with Gasteiger partial charge in [0.05, 0.1) is 4.21 Å². The van der Waals surface area contributed by atoms with Crippen molar-refractivity contribution < 1.29 is 0 Å². The number of hydrogen-bond donors (Lipinski definition) is 1. The maximum atomic E-state index is 3.80. The first-order valence-electron chi connectivity index (χ1n) is 6.79. The molecule has 2 heterocycles. The summed E-state index contributed by atoms with van der Waals surface area (Å²) in [6.45, 7) is 4.59. The van der Waals surface area contributed by atoms with E-state index in [2.05, 4.69) is 60.9 Å². The van der Waals surface area contributed by atoms with E-state index in [0.717, 1.165) is 0 Å². The Hall–Kier alpha value is -0.770. The summed E-state index contributed by atoms with van der Waals surface area (Å²) in [5.74, 6) is 0. The first-order valence-corrected chi connectivity index (χ1v) is 8.55. The number of rotatable bonds is 3. The fraction of sp³-hybridized carbons (Fsp3) is 0.375. The van der Waals surface area contributed by atoms with Crippen LogP contribution in [0.2, 0.25) is 0 Å². The second kappa shape index (κ2) is 5.70. The quantitative estimate of drug-likeness (QED) is 0.851. The fourth-order valence-electron chi connectivity index (χ4n) is 2.65. The Labute approximate surface area is 123 Å². The van der Waals surface area contributed by atoms with Crippen molar-refractivity contribution in [1.29, 1.82) is 0 Å². The molecule has 2 aromatic rings. The summed E-state index contributed by atoms with van der Waals surface area (Å²) >= 11 is 3.90. The molecule has 1 aliphatic rings. The van der Waals surface area contributed by atoms with Gasteiger partial charge in [-0.1, -0.05) is 37.3 Å². The van der Waals surface area contributed by atoms with Gasteiger partial charge in [-0.15, -0.1) is 23.1 Å². The number of hydrogen-bond acceptors (Lipinski definition) is 3. The molecule has 2 unspecified atom stereocenters. The van der Waals surface area contributed by atoms with Crippen LogP contribution in [0.5, 0.6) is 0 Å². The van der Waals surface area contributed by atoms with Gasteiger partial charge in [0, 0.05) is 17.3 Å². The second-order valence-electron chi connectivity index (χ2n) is 5.18. The first kappa shape index (κ1) is 13.2. The predicted octanol–water partition coefficient (Wildman–Crippen LogP) is 5.02. The molecule has 3 atom stereocenters. The highest BCUT2D eigenvalue weighted by Gasteiger charge is 2.27. The van der Waals surface area contributed by atoms with Gasteiger partial charge in [0.15, 0.2) is 0 Å². The lowest BCUT2D eigenvalue weighted by Gasteiger charge is -2.30. The van der Waals surface area contributed by atoms with Crippen LogP contribution in [0.25, 0.3) is 0 Å². The highest BCUT2D eigenvalue weighted by atomic mass is 32.2. The van der Waals surface area contributed by atoms with Crippen LogP contribution in [0, 0.1) is 0 Å². The molecule has 1 aromatic carbocycles. The number of fused-ring (bicyclic) bond motifs is 1. The van der Waals surface area contributed by atoms with Gasteiger partial charge in [-0.2, -0.15) is 0 Å². The maximum absolute atomic E-state index is 3.80. The van der Waals surface area contributed by atoms with Crippen LogP contribution < -0.4 is 5.32 Å². The van der Waals surface area contributed by atoms with E-state index in [1.165, 1.54) is 21.8 Å². The Bertz CT molecular complexity index is 535. The topological polar surface area (TPSA) is 12.0 Å². The van der Waals surface area contributed by atoms with Crippen molar-refractivity contribution >= 4 is 23.1 Å². The van der Waals surface area contributed by atoms with Crippen molar-refractivity contribution in [3.05, 3.63) is 52.9 Å². The van der Waals surface area contributed by atoms with Crippen LogP contribution in [0.1, 0.15) is 43.5 Å². The van der Waals surface area contributed by atoms with Crippen LogP contribution in [0.3, 0.4) is 0 Å². The highest BCUT2D eigenvalue weighted by Crippen LogP contribution is 2.44. The molecular weight excluding hydrogens is 270 g/mol. The van der Waals surface area contributed by atoms with Gasteiger partial charge in [0.25, 0.3) is 0 Å². The predicted molar refractivity (Wildman–Crippen MR) is 85.0 cm³/mol. The van der Waals surface area contributed by atoms with Crippen molar-refractivity contribution in [2.75, 3.05) is 0 Å². The third-order valence-corrected chi connectivity index (χ3v) is 6.00. The molecule has 0 spiro atoms. The molecule has 0 aliphatic carbocycles. The third-order valence-electron chi connectivity index (χ3n) is 3.66. The SMILES string of the molecule is CC(NC1C[C@H](C)Sc2sccc21)c1ccccc1. The van der Waals surface area contributed by atoms with Crippen molar-refractivity contribution in [2.24, 2.45) is 0 Å². The lowest BCUT2D eigenvalue weighted by atomic mass is 10.0. The second-order valence-corrected chi connectivity index (χ2v) is 7.80. The van der Waals surface area contributed by atoms with Crippen LogP contribution in [0.4, 0.5) is 0 Å². The van der Waals surface area contributed by atoms with E-state index in [1.807, 2.05) is 23.1 Å². The summed E-state index contributed by atoms with van der Waals surface area (Å²) < 4.78 is 1.50. The summed E-state index contributed by atoms with van der Waals surface area (Å²) in [5.41, 5.74) is 2.86. The summed E-state index contributed by atoms with van der Waals surface area (Å²) in [4.78, 5) is 0. The molecule has 0 amide bonds. The summed E-state index contributed by atoms with van der Waals surface area (Å²) in [5, 5.41) is 6.72. The number of thioether (sulfide) groups is 1. The van der Waals surface area contributed by atoms with Gasteiger partial charge in [-0.05, 0) is 35.9 Å². The van der Waals surface area contributed by atoms with Crippen LogP contribution in [-0.4, -0.2) is 5.25 Å². The lowest BCUT2D eigenvalue weighted by Crippen LogP contribution is -2.28. The number of thiophene rings is 1. The Balaban J connectivity index is 1.77. The minimum Gasteiger partial charge on any atom is -0.303 e. The zero-order valence-corrected chi connectivity index (χ0v) is 12.9. The van der Waals surface area contributed by atoms with E-state index < -0.39 is 0 Å². The summed E-state index contributed by atoms with van der Waals surface area (Å²) in [6.07, 6.45) is 1.21. The largest absolute Gasteiger partial charge is 0.303 e. The number of benzene rings is 1. The molecule has 0 saturated heterocycles. The lowest BCUT2D eigenvalue weighted by molar-refractivity contribution is 0.435. The van der Waals surface area contributed by atoms with Crippen molar-refractivity contribution in [1.82, 2.24) is 5.32 Å². The normalized spacial score (nSPS) is 23.9. The van der Waals surface area contributed by atoms with Gasteiger partial charge < -0.3 is 5.32 Å². The molecule has 1 aliphatic heterocycles. The Kier molecular flexibility index (Phi) is 3.96. The molecule has 3 heteroatoms. The molecule has 0 fully saturated rings. The Morgan fingerprint density at radius 1 is 1.21 bits per heavy atom. The minimum atomic E-state index is 0.397. The van der Waals surface area contributed by atoms with Gasteiger partial charge in [0.1, 0.15) is 0 Å². The van der Waals surface area contributed by atoms with E-state index in [9.17, 15) is 0 Å². The van der Waals surface area contributed by atoms with Gasteiger partial charge in [-0.25, -0.2) is 0 Å². The van der Waals surface area contributed by atoms with E-state index in [1.54, 1.807) is 0 Å². The zero-order chi connectivity index (χ0) is 13.2. The molecule has 1 aromatic heterocycles. The van der Waals surface area contributed by atoms with E-state index in [4.69, 9.17) is 0 Å². The molecule has 0 radical (unpaired) electrons. The van der Waals surface area contributed by atoms with Gasteiger partial charge in [0.2, 0.25) is 0 Å². The molecule has 0 bridgehead atoms. The first-order chi connectivity index (χ1) is 9.24. The van der Waals surface area contributed by atoms with Crippen LogP contribution >= 0.6 is 23.1 Å². The Morgan fingerprint density at radius 3 is 2.79 bits per heavy atom. The van der Waals surface area contributed by atoms with Gasteiger partial charge in [-0.3, -0.25) is 0 Å². The molecule has 19 heavy (non-hydrogen) atoms. The van der Waals surface area contributed by atoms with Crippen LogP contribution in [-0.2, 0) is 0 Å². The Morgan fingerprint density at radius 2 is 2.00 bits per heavy atom. The molecule has 0 saturated carbocycles. The van der Waals surface area contributed by atoms with Crippen molar-refractivity contribution in [3.8, 4) is 0 Å². The smallest absolute Gasteiger partial charge is 0.0649 e. The van der Waals surface area contributed by atoms with E-state index >= 15 is 0 Å². The highest BCUT2D eigenvalue weighted by molar-refractivity contribution is 8.01. The van der Waals surface area contributed by atoms with Gasteiger partial charge >= 0.3 is 0 Å². The monoisotopic (exact) mass is 289 g/mol.